The van der Waals surface area contributed by atoms with Gasteiger partial charge < -0.3 is 9.72 Å². The Labute approximate surface area is 143 Å². The highest BCUT2D eigenvalue weighted by Crippen LogP contribution is 2.12. The Morgan fingerprint density at radius 1 is 1.08 bits per heavy atom. The Balaban J connectivity index is 0.000000671. The summed E-state index contributed by atoms with van der Waals surface area (Å²) in [6.07, 6.45) is 5.20. The fourth-order valence-electron chi connectivity index (χ4n) is 1.81. The summed E-state index contributed by atoms with van der Waals surface area (Å²) in [5.41, 5.74) is 4.14. The largest absolute Gasteiger partial charge is 0.481 e. The zero-order chi connectivity index (χ0) is 17.9. The van der Waals surface area contributed by atoms with Crippen LogP contribution < -0.4 is 4.74 Å². The molecule has 0 aromatic carbocycles. The quantitative estimate of drug-likeness (QED) is 0.684. The first-order valence-electron chi connectivity index (χ1n) is 8.09. The van der Waals surface area contributed by atoms with Gasteiger partial charge >= 0.3 is 0 Å². The van der Waals surface area contributed by atoms with Crippen molar-refractivity contribution < 1.29 is 4.74 Å². The number of H-pyrrole nitrogens is 1. The Morgan fingerprint density at radius 3 is 2.54 bits per heavy atom. The van der Waals surface area contributed by atoms with Crippen molar-refractivity contribution in [2.75, 3.05) is 7.11 Å². The molecule has 0 bridgehead atoms. The van der Waals surface area contributed by atoms with Crippen LogP contribution in [0.25, 0.3) is 11.2 Å². The van der Waals surface area contributed by atoms with Crippen LogP contribution in [0.5, 0.6) is 5.88 Å². The maximum absolute atomic E-state index is 5.06. The van der Waals surface area contributed by atoms with E-state index in [1.165, 1.54) is 0 Å². The summed E-state index contributed by atoms with van der Waals surface area (Å²) in [6, 6.07) is 3.60. The number of fused-ring (bicyclic) bond motifs is 1. The first-order valence-corrected chi connectivity index (χ1v) is 8.09. The lowest BCUT2D eigenvalue weighted by Gasteiger charge is -1.97. The van der Waals surface area contributed by atoms with Gasteiger partial charge in [-0.25, -0.2) is 15.0 Å². The molecule has 3 aromatic rings. The summed E-state index contributed by atoms with van der Waals surface area (Å²) < 4.78 is 5.06. The van der Waals surface area contributed by atoms with E-state index in [1.807, 2.05) is 46.9 Å². The monoisotopic (exact) mass is 324 g/mol. The van der Waals surface area contributed by atoms with Crippen LogP contribution in [0.4, 0.5) is 0 Å². The van der Waals surface area contributed by atoms with Crippen LogP contribution in [0.3, 0.4) is 0 Å². The number of aromatic amines is 1. The molecule has 3 heterocycles. The molecule has 0 saturated carbocycles. The van der Waals surface area contributed by atoms with Gasteiger partial charge in [-0.05, 0) is 24.5 Å². The molecule has 0 radical (unpaired) electrons. The summed E-state index contributed by atoms with van der Waals surface area (Å²) in [6.45, 7) is 9.98. The van der Waals surface area contributed by atoms with Gasteiger partial charge in [-0.15, -0.1) is 0 Å². The Hall–Kier alpha value is -2.87. The van der Waals surface area contributed by atoms with E-state index in [0.717, 1.165) is 22.3 Å². The highest BCUT2D eigenvalue weighted by Gasteiger charge is 2.02. The lowest BCUT2D eigenvalue weighted by molar-refractivity contribution is 0.398. The minimum Gasteiger partial charge on any atom is -0.481 e. The number of rotatable bonds is 1. The molecule has 3 aromatic heterocycles. The van der Waals surface area contributed by atoms with Gasteiger partial charge in [-0.3, -0.25) is 0 Å². The summed E-state index contributed by atoms with van der Waals surface area (Å²) in [5.74, 6) is 6.57. The molecule has 24 heavy (non-hydrogen) atoms. The lowest BCUT2D eigenvalue weighted by Crippen LogP contribution is -1.89. The Kier molecular flexibility index (Phi) is 8.00. The van der Waals surface area contributed by atoms with Crippen molar-refractivity contribution >= 4 is 11.2 Å². The molecular formula is C19H24N4O. The number of methoxy groups -OCH3 is 1. The van der Waals surface area contributed by atoms with E-state index < -0.39 is 0 Å². The third kappa shape index (κ3) is 4.82. The van der Waals surface area contributed by atoms with Crippen molar-refractivity contribution in [3.8, 4) is 17.7 Å². The molecule has 3 rings (SSSR count). The van der Waals surface area contributed by atoms with Gasteiger partial charge in [0.25, 0.3) is 0 Å². The number of ether oxygens (including phenoxy) is 1. The molecule has 0 aliphatic rings. The van der Waals surface area contributed by atoms with E-state index >= 15 is 0 Å². The second kappa shape index (κ2) is 10.0. The van der Waals surface area contributed by atoms with Gasteiger partial charge in [0.05, 0.1) is 13.3 Å². The van der Waals surface area contributed by atoms with Crippen LogP contribution in [0.2, 0.25) is 0 Å². The number of hydrogen-bond acceptors (Lipinski definition) is 4. The van der Waals surface area contributed by atoms with Crippen molar-refractivity contribution in [2.45, 2.75) is 34.6 Å². The number of aromatic nitrogens is 4. The Bertz CT molecular complexity index is 828. The predicted molar refractivity (Wildman–Crippen MR) is 98.1 cm³/mol. The van der Waals surface area contributed by atoms with Crippen molar-refractivity contribution in [1.29, 1.82) is 0 Å². The zero-order valence-corrected chi connectivity index (χ0v) is 15.1. The van der Waals surface area contributed by atoms with Crippen LogP contribution in [0.15, 0.2) is 30.7 Å². The second-order valence-corrected chi connectivity index (χ2v) is 4.26. The molecule has 5 heteroatoms. The number of nitrogens with zero attached hydrogens (tertiary/aromatic N) is 3. The van der Waals surface area contributed by atoms with Crippen LogP contribution in [0, 0.1) is 18.8 Å². The van der Waals surface area contributed by atoms with Crippen molar-refractivity contribution in [2.24, 2.45) is 0 Å². The van der Waals surface area contributed by atoms with Gasteiger partial charge in [0.2, 0.25) is 5.88 Å². The molecule has 0 unspecified atom stereocenters. The number of nitrogens with one attached hydrogen (secondary N) is 1. The minimum absolute atomic E-state index is 0.541. The van der Waals surface area contributed by atoms with Crippen molar-refractivity contribution in [1.82, 2.24) is 19.9 Å². The van der Waals surface area contributed by atoms with E-state index in [4.69, 9.17) is 4.74 Å². The summed E-state index contributed by atoms with van der Waals surface area (Å²) in [7, 11) is 1.58. The summed E-state index contributed by atoms with van der Waals surface area (Å²) in [4.78, 5) is 15.9. The van der Waals surface area contributed by atoms with Crippen LogP contribution >= 0.6 is 0 Å². The molecule has 0 spiro atoms. The van der Waals surface area contributed by atoms with E-state index in [-0.39, 0.29) is 0 Å². The minimum atomic E-state index is 0.541. The molecule has 0 aliphatic heterocycles. The average Bonchev–Trinajstić information content (AvgIpc) is 3.04. The van der Waals surface area contributed by atoms with Crippen LogP contribution in [0.1, 0.15) is 44.5 Å². The molecular weight excluding hydrogens is 300 g/mol. The van der Waals surface area contributed by atoms with Gasteiger partial charge in [0, 0.05) is 24.0 Å². The molecule has 0 aliphatic carbocycles. The summed E-state index contributed by atoms with van der Waals surface area (Å²) >= 11 is 0. The number of aryl methyl sites for hydroxylation is 1. The number of hydrogen-bond donors (Lipinski definition) is 1. The standard InChI is InChI=1S/C15H12N4O.2C2H6/c1-10-8-17-15-14(10)19-12(9-18-15)4-3-11-5-6-16-13(7-11)20-2;2*1-2/h5-9H,1-2H3,(H,17,18);2*1-2H3. The van der Waals surface area contributed by atoms with Crippen LogP contribution in [-0.4, -0.2) is 27.0 Å². The van der Waals surface area contributed by atoms with Gasteiger partial charge in [0.1, 0.15) is 11.2 Å². The zero-order valence-electron chi connectivity index (χ0n) is 15.1. The fraction of sp³-hybridized carbons (Fsp3) is 0.316. The van der Waals surface area contributed by atoms with Gasteiger partial charge in [-0.2, -0.15) is 0 Å². The molecule has 1 N–H and O–H groups in total. The lowest BCUT2D eigenvalue weighted by atomic mass is 10.2. The third-order valence-electron chi connectivity index (χ3n) is 2.85. The first-order chi connectivity index (χ1) is 11.8. The topological polar surface area (TPSA) is 63.7 Å². The SMILES string of the molecule is CC.CC.COc1cc(C#Cc2cnc3[nH]cc(C)c3n2)ccn1. The summed E-state index contributed by atoms with van der Waals surface area (Å²) in [5, 5.41) is 0. The fourth-order valence-corrected chi connectivity index (χ4v) is 1.81. The first kappa shape index (κ1) is 19.2. The van der Waals surface area contributed by atoms with E-state index in [0.29, 0.717) is 11.6 Å². The van der Waals surface area contributed by atoms with E-state index in [9.17, 15) is 0 Å². The maximum Gasteiger partial charge on any atom is 0.214 e. The molecule has 126 valence electrons. The highest BCUT2D eigenvalue weighted by atomic mass is 16.5. The molecule has 0 amide bonds. The van der Waals surface area contributed by atoms with Gasteiger partial charge in [0.15, 0.2) is 5.65 Å². The predicted octanol–water partition coefficient (Wildman–Crippen LogP) is 4.12. The molecule has 5 nitrogen and oxygen atoms in total. The average molecular weight is 324 g/mol. The van der Waals surface area contributed by atoms with E-state index in [1.54, 1.807) is 25.6 Å². The highest BCUT2D eigenvalue weighted by molar-refractivity contribution is 5.74. The van der Waals surface area contributed by atoms with Crippen molar-refractivity contribution in [3.63, 3.8) is 0 Å². The van der Waals surface area contributed by atoms with Crippen molar-refractivity contribution in [3.05, 3.63) is 47.5 Å². The van der Waals surface area contributed by atoms with Gasteiger partial charge in [-0.1, -0.05) is 33.6 Å². The molecule has 0 atom stereocenters. The van der Waals surface area contributed by atoms with E-state index in [2.05, 4.69) is 31.8 Å². The molecule has 0 fully saturated rings. The van der Waals surface area contributed by atoms with Crippen LogP contribution in [-0.2, 0) is 0 Å². The molecule has 0 saturated heterocycles. The second-order valence-electron chi connectivity index (χ2n) is 4.26. The third-order valence-corrected chi connectivity index (χ3v) is 2.85. The number of pyridine rings is 1. The smallest absolute Gasteiger partial charge is 0.214 e. The normalized spacial score (nSPS) is 8.92. The Morgan fingerprint density at radius 2 is 1.83 bits per heavy atom. The maximum atomic E-state index is 5.06.